The van der Waals surface area contributed by atoms with Crippen LogP contribution in [0.1, 0.15) is 53.2 Å². The Bertz CT molecular complexity index is 562. The minimum atomic E-state index is -1.49. The maximum atomic E-state index is 6.75. The van der Waals surface area contributed by atoms with Crippen LogP contribution in [-0.4, -0.2) is 15.2 Å². The number of benzene rings is 1. The van der Waals surface area contributed by atoms with Crippen molar-refractivity contribution >= 4 is 8.07 Å². The third-order valence-electron chi connectivity index (χ3n) is 6.10. The van der Waals surface area contributed by atoms with Crippen molar-refractivity contribution in [2.75, 3.05) is 7.11 Å². The SMILES string of the molecule is CC[Si](CC)(CC)C1=C(C)[C@@H](C(C)C)[C@H](c2ccc(OC)cc2)O1. The molecule has 2 nitrogen and oxygen atoms in total. The van der Waals surface area contributed by atoms with E-state index in [0.717, 1.165) is 5.75 Å². The normalized spacial score (nSPS) is 21.3. The largest absolute Gasteiger partial charge is 0.497 e. The molecule has 0 radical (unpaired) electrons. The van der Waals surface area contributed by atoms with Crippen LogP contribution in [0.4, 0.5) is 0 Å². The summed E-state index contributed by atoms with van der Waals surface area (Å²) in [7, 11) is 0.219. The van der Waals surface area contributed by atoms with Crippen LogP contribution < -0.4 is 4.74 Å². The second-order valence-electron chi connectivity index (χ2n) is 7.43. The molecule has 0 N–H and O–H groups in total. The predicted octanol–water partition coefficient (Wildman–Crippen LogP) is 6.36. The van der Waals surface area contributed by atoms with Gasteiger partial charge in [0, 0.05) is 5.92 Å². The molecule has 0 fully saturated rings. The van der Waals surface area contributed by atoms with Gasteiger partial charge in [-0.1, -0.05) is 64.9 Å². The summed E-state index contributed by atoms with van der Waals surface area (Å²) >= 11 is 0. The van der Waals surface area contributed by atoms with Crippen LogP contribution in [0.5, 0.6) is 5.75 Å². The van der Waals surface area contributed by atoms with Gasteiger partial charge in [0.05, 0.1) is 12.5 Å². The van der Waals surface area contributed by atoms with Gasteiger partial charge in [0.25, 0.3) is 0 Å². The monoisotopic (exact) mass is 346 g/mol. The van der Waals surface area contributed by atoms with E-state index in [4.69, 9.17) is 9.47 Å². The van der Waals surface area contributed by atoms with Crippen molar-refractivity contribution in [3.63, 3.8) is 0 Å². The summed E-state index contributed by atoms with van der Waals surface area (Å²) in [5.74, 6) is 1.96. The summed E-state index contributed by atoms with van der Waals surface area (Å²) in [6.45, 7) is 14.0. The summed E-state index contributed by atoms with van der Waals surface area (Å²) in [4.78, 5) is 0. The first kappa shape index (κ1) is 19.1. The molecule has 0 aliphatic carbocycles. The molecule has 1 heterocycles. The number of ether oxygens (including phenoxy) is 2. The maximum absolute atomic E-state index is 6.75. The van der Waals surface area contributed by atoms with Gasteiger partial charge in [0.2, 0.25) is 0 Å². The quantitative estimate of drug-likeness (QED) is 0.535. The highest BCUT2D eigenvalue weighted by Gasteiger charge is 2.45. The smallest absolute Gasteiger partial charge is 0.130 e. The molecule has 1 aliphatic rings. The Labute approximate surface area is 149 Å². The van der Waals surface area contributed by atoms with Crippen molar-refractivity contribution in [3.8, 4) is 5.75 Å². The van der Waals surface area contributed by atoms with Gasteiger partial charge in [-0.25, -0.2) is 0 Å². The van der Waals surface area contributed by atoms with Gasteiger partial charge in [0.1, 0.15) is 19.9 Å². The van der Waals surface area contributed by atoms with Crippen molar-refractivity contribution < 1.29 is 9.47 Å². The van der Waals surface area contributed by atoms with Gasteiger partial charge in [-0.2, -0.15) is 0 Å². The Morgan fingerprint density at radius 2 is 1.58 bits per heavy atom. The molecule has 0 saturated heterocycles. The molecule has 0 spiro atoms. The van der Waals surface area contributed by atoms with Crippen LogP contribution in [-0.2, 0) is 4.74 Å². The average Bonchev–Trinajstić information content (AvgIpc) is 2.95. The second kappa shape index (κ2) is 7.77. The van der Waals surface area contributed by atoms with E-state index in [1.54, 1.807) is 7.11 Å². The van der Waals surface area contributed by atoms with E-state index in [1.165, 1.54) is 34.7 Å². The molecule has 1 aromatic rings. The molecule has 2 rings (SSSR count). The first-order chi connectivity index (χ1) is 11.4. The molecule has 0 amide bonds. The van der Waals surface area contributed by atoms with E-state index in [1.807, 2.05) is 12.1 Å². The van der Waals surface area contributed by atoms with Gasteiger partial charge < -0.3 is 9.47 Å². The summed E-state index contributed by atoms with van der Waals surface area (Å²) in [5.41, 5.74) is 2.79. The molecule has 0 bridgehead atoms. The van der Waals surface area contributed by atoms with E-state index >= 15 is 0 Å². The zero-order valence-corrected chi connectivity index (χ0v) is 17.5. The minimum absolute atomic E-state index is 0.155. The van der Waals surface area contributed by atoms with E-state index in [0.29, 0.717) is 11.8 Å². The molecule has 0 aromatic heterocycles. The Morgan fingerprint density at radius 1 is 1.04 bits per heavy atom. The first-order valence-corrected chi connectivity index (χ1v) is 12.1. The summed E-state index contributed by atoms with van der Waals surface area (Å²) in [6, 6.07) is 12.2. The summed E-state index contributed by atoms with van der Waals surface area (Å²) < 4.78 is 12.1. The molecular weight excluding hydrogens is 312 g/mol. The highest BCUT2D eigenvalue weighted by atomic mass is 28.3. The fourth-order valence-electron chi connectivity index (χ4n) is 4.37. The van der Waals surface area contributed by atoms with E-state index in [9.17, 15) is 0 Å². The molecule has 1 aromatic carbocycles. The lowest BCUT2D eigenvalue weighted by molar-refractivity contribution is 0.106. The Kier molecular flexibility index (Phi) is 6.19. The molecule has 24 heavy (non-hydrogen) atoms. The fourth-order valence-corrected chi connectivity index (χ4v) is 8.21. The Balaban J connectivity index is 2.42. The lowest BCUT2D eigenvalue weighted by atomic mass is 9.83. The molecule has 134 valence electrons. The zero-order chi connectivity index (χ0) is 17.9. The number of hydrogen-bond acceptors (Lipinski definition) is 2. The standard InChI is InChI=1S/C21H34O2Si/c1-8-24(9-2,10-3)21-16(6)19(15(4)5)20(23-21)17-11-13-18(22-7)14-12-17/h11-15,19-20H,8-10H2,1-7H3/t19-,20+/m1/s1. The van der Waals surface area contributed by atoms with Crippen molar-refractivity contribution in [1.82, 2.24) is 0 Å². The first-order valence-electron chi connectivity index (χ1n) is 9.45. The average molecular weight is 347 g/mol. The third kappa shape index (κ3) is 3.28. The van der Waals surface area contributed by atoms with Crippen molar-refractivity contribution in [2.24, 2.45) is 11.8 Å². The van der Waals surface area contributed by atoms with E-state index in [2.05, 4.69) is 53.7 Å². The summed E-state index contributed by atoms with van der Waals surface area (Å²) in [6.07, 6.45) is 0.155. The highest BCUT2D eigenvalue weighted by molar-refractivity contribution is 6.86. The second-order valence-corrected chi connectivity index (χ2v) is 12.6. The lowest BCUT2D eigenvalue weighted by Crippen LogP contribution is -2.35. The number of rotatable bonds is 7. The fraction of sp³-hybridized carbons (Fsp3) is 0.619. The highest BCUT2D eigenvalue weighted by Crippen LogP contribution is 2.49. The summed E-state index contributed by atoms with van der Waals surface area (Å²) in [5, 5.41) is 1.40. The van der Waals surface area contributed by atoms with Crippen LogP contribution in [0.25, 0.3) is 0 Å². The van der Waals surface area contributed by atoms with Crippen LogP contribution in [0.3, 0.4) is 0 Å². The Hall–Kier alpha value is -1.22. The molecule has 1 aliphatic heterocycles. The van der Waals surface area contributed by atoms with Crippen LogP contribution in [0.15, 0.2) is 35.2 Å². The zero-order valence-electron chi connectivity index (χ0n) is 16.5. The molecule has 3 heteroatoms. The number of methoxy groups -OCH3 is 1. The molecule has 0 saturated carbocycles. The van der Waals surface area contributed by atoms with Gasteiger partial charge in [-0.15, -0.1) is 0 Å². The van der Waals surface area contributed by atoms with Gasteiger partial charge >= 0.3 is 0 Å². The molecule has 2 atom stereocenters. The number of hydrogen-bond donors (Lipinski definition) is 0. The Morgan fingerprint density at radius 3 is 2.00 bits per heavy atom. The van der Waals surface area contributed by atoms with Crippen LogP contribution in [0, 0.1) is 11.8 Å². The van der Waals surface area contributed by atoms with Crippen molar-refractivity contribution in [1.29, 1.82) is 0 Å². The van der Waals surface area contributed by atoms with Gasteiger partial charge in [-0.05, 0) is 36.1 Å². The van der Waals surface area contributed by atoms with Crippen LogP contribution >= 0.6 is 0 Å². The maximum Gasteiger partial charge on any atom is 0.130 e. The van der Waals surface area contributed by atoms with E-state index in [-0.39, 0.29) is 6.10 Å². The molecular formula is C21H34O2Si. The van der Waals surface area contributed by atoms with Gasteiger partial charge in [-0.3, -0.25) is 0 Å². The van der Waals surface area contributed by atoms with Gasteiger partial charge in [0.15, 0.2) is 0 Å². The third-order valence-corrected chi connectivity index (χ3v) is 11.6. The van der Waals surface area contributed by atoms with Crippen LogP contribution in [0.2, 0.25) is 18.1 Å². The minimum Gasteiger partial charge on any atom is -0.497 e. The lowest BCUT2D eigenvalue weighted by Gasteiger charge is -2.30. The molecule has 0 unspecified atom stereocenters. The topological polar surface area (TPSA) is 18.5 Å². The predicted molar refractivity (Wildman–Crippen MR) is 105 cm³/mol. The van der Waals surface area contributed by atoms with Crippen molar-refractivity contribution in [2.45, 2.75) is 65.8 Å². The van der Waals surface area contributed by atoms with Crippen molar-refractivity contribution in [3.05, 3.63) is 40.8 Å². The van der Waals surface area contributed by atoms with E-state index < -0.39 is 8.07 Å².